The molecule has 3 nitrogen and oxygen atoms in total. The van der Waals surface area contributed by atoms with Gasteiger partial charge in [-0.15, -0.1) is 0 Å². The van der Waals surface area contributed by atoms with Crippen LogP contribution in [0.25, 0.3) is 0 Å². The summed E-state index contributed by atoms with van der Waals surface area (Å²) < 4.78 is 0. The fraction of sp³-hybridized carbons (Fsp3) is 0.533. The molecule has 0 radical (unpaired) electrons. The van der Waals surface area contributed by atoms with Crippen molar-refractivity contribution in [2.24, 2.45) is 5.41 Å². The number of carbonyl (C=O) groups is 1. The number of hydrogen-bond donors (Lipinski definition) is 2. The summed E-state index contributed by atoms with van der Waals surface area (Å²) in [6.07, 6.45) is 0.418. The molecule has 18 heavy (non-hydrogen) atoms. The molecule has 0 aliphatic heterocycles. The molecule has 0 spiro atoms. The van der Waals surface area contributed by atoms with Crippen molar-refractivity contribution in [1.82, 2.24) is 5.32 Å². The monoisotopic (exact) mass is 249 g/mol. The number of carbonyl (C=O) groups excluding carboxylic acids is 1. The third kappa shape index (κ3) is 4.15. The van der Waals surface area contributed by atoms with E-state index >= 15 is 0 Å². The molecule has 2 N–H and O–H groups in total. The van der Waals surface area contributed by atoms with Gasteiger partial charge in [-0.25, -0.2) is 0 Å². The average molecular weight is 249 g/mol. The Kier molecular flexibility index (Phi) is 4.91. The van der Waals surface area contributed by atoms with Crippen molar-refractivity contribution in [2.45, 2.75) is 40.2 Å². The van der Waals surface area contributed by atoms with Crippen LogP contribution in [0, 0.1) is 5.41 Å². The molecule has 0 aliphatic carbocycles. The van der Waals surface area contributed by atoms with Gasteiger partial charge in [0.05, 0.1) is 6.10 Å². The van der Waals surface area contributed by atoms with E-state index in [-0.39, 0.29) is 17.9 Å². The highest BCUT2D eigenvalue weighted by Crippen LogP contribution is 2.18. The van der Waals surface area contributed by atoms with Crippen LogP contribution < -0.4 is 5.32 Å². The van der Waals surface area contributed by atoms with E-state index in [2.05, 4.69) is 12.2 Å². The topological polar surface area (TPSA) is 49.3 Å². The van der Waals surface area contributed by atoms with Crippen molar-refractivity contribution in [3.05, 3.63) is 35.4 Å². The number of amides is 1. The maximum atomic E-state index is 11.9. The molecule has 0 aromatic heterocycles. The predicted octanol–water partition coefficient (Wildman–Crippen LogP) is 2.39. The number of aliphatic hydroxyl groups is 1. The number of hydrogen-bond acceptors (Lipinski definition) is 2. The van der Waals surface area contributed by atoms with Crippen LogP contribution in [0.15, 0.2) is 24.3 Å². The minimum absolute atomic E-state index is 0.138. The van der Waals surface area contributed by atoms with Crippen molar-refractivity contribution < 1.29 is 9.90 Å². The summed E-state index contributed by atoms with van der Waals surface area (Å²) in [5.74, 6) is -0.138. The SMILES string of the molecule is CCc1ccc(C(=O)NCC(O)C(C)(C)C)cc1. The first kappa shape index (κ1) is 14.7. The van der Waals surface area contributed by atoms with Crippen molar-refractivity contribution in [3.8, 4) is 0 Å². The van der Waals surface area contributed by atoms with Gasteiger partial charge in [0.25, 0.3) is 5.91 Å². The van der Waals surface area contributed by atoms with Crippen molar-refractivity contribution in [2.75, 3.05) is 6.54 Å². The normalized spacial score (nSPS) is 13.2. The summed E-state index contributed by atoms with van der Waals surface area (Å²) in [6, 6.07) is 7.54. The van der Waals surface area contributed by atoms with E-state index in [4.69, 9.17) is 0 Å². The Bertz CT molecular complexity index is 390. The molecule has 1 aromatic carbocycles. The van der Waals surface area contributed by atoms with Gasteiger partial charge >= 0.3 is 0 Å². The van der Waals surface area contributed by atoms with Gasteiger partial charge in [-0.2, -0.15) is 0 Å². The van der Waals surface area contributed by atoms with Gasteiger partial charge in [0, 0.05) is 12.1 Å². The van der Waals surface area contributed by atoms with Crippen molar-refractivity contribution in [1.29, 1.82) is 0 Å². The molecule has 1 aromatic rings. The Hall–Kier alpha value is -1.35. The smallest absolute Gasteiger partial charge is 0.251 e. The predicted molar refractivity (Wildman–Crippen MR) is 73.6 cm³/mol. The van der Waals surface area contributed by atoms with Gasteiger partial charge in [0.15, 0.2) is 0 Å². The molecule has 0 bridgehead atoms. The first-order chi connectivity index (χ1) is 8.34. The zero-order valence-electron chi connectivity index (χ0n) is 11.7. The van der Waals surface area contributed by atoms with Gasteiger partial charge in [-0.1, -0.05) is 39.8 Å². The van der Waals surface area contributed by atoms with Crippen LogP contribution in [0.4, 0.5) is 0 Å². The van der Waals surface area contributed by atoms with Crippen LogP contribution in [0.5, 0.6) is 0 Å². The van der Waals surface area contributed by atoms with Gasteiger partial charge in [-0.05, 0) is 29.5 Å². The van der Waals surface area contributed by atoms with Crippen LogP contribution in [0.3, 0.4) is 0 Å². The Balaban J connectivity index is 2.55. The lowest BCUT2D eigenvalue weighted by atomic mass is 9.89. The zero-order valence-corrected chi connectivity index (χ0v) is 11.7. The van der Waals surface area contributed by atoms with E-state index in [0.29, 0.717) is 5.56 Å². The maximum Gasteiger partial charge on any atom is 0.251 e. The number of nitrogens with one attached hydrogen (secondary N) is 1. The van der Waals surface area contributed by atoms with Gasteiger partial charge in [0.2, 0.25) is 0 Å². The summed E-state index contributed by atoms with van der Waals surface area (Å²) in [4.78, 5) is 11.9. The van der Waals surface area contributed by atoms with E-state index in [0.717, 1.165) is 6.42 Å². The van der Waals surface area contributed by atoms with Gasteiger partial charge in [-0.3, -0.25) is 4.79 Å². The molecular formula is C15H23NO2. The van der Waals surface area contributed by atoms with Crippen LogP contribution in [-0.2, 0) is 6.42 Å². The Morgan fingerprint density at radius 2 is 1.83 bits per heavy atom. The second-order valence-electron chi connectivity index (χ2n) is 5.64. The van der Waals surface area contributed by atoms with E-state index in [9.17, 15) is 9.90 Å². The van der Waals surface area contributed by atoms with E-state index < -0.39 is 6.10 Å². The summed E-state index contributed by atoms with van der Waals surface area (Å²) in [5, 5.41) is 12.6. The van der Waals surface area contributed by atoms with Crippen molar-refractivity contribution in [3.63, 3.8) is 0 Å². The molecule has 1 amide bonds. The summed E-state index contributed by atoms with van der Waals surface area (Å²) in [6.45, 7) is 8.19. The number of aryl methyl sites for hydroxylation is 1. The molecule has 0 fully saturated rings. The lowest BCUT2D eigenvalue weighted by molar-refractivity contribution is 0.0587. The Labute approximate surface area is 109 Å². The molecule has 0 heterocycles. The number of aliphatic hydroxyl groups excluding tert-OH is 1. The van der Waals surface area contributed by atoms with Crippen LogP contribution in [0.2, 0.25) is 0 Å². The lowest BCUT2D eigenvalue weighted by Crippen LogP contribution is -2.39. The first-order valence-electron chi connectivity index (χ1n) is 6.39. The largest absolute Gasteiger partial charge is 0.391 e. The molecule has 100 valence electrons. The second kappa shape index (κ2) is 6.01. The fourth-order valence-corrected chi connectivity index (χ4v) is 1.49. The van der Waals surface area contributed by atoms with Crippen LogP contribution >= 0.6 is 0 Å². The lowest BCUT2D eigenvalue weighted by Gasteiger charge is -2.25. The first-order valence-corrected chi connectivity index (χ1v) is 6.39. The highest BCUT2D eigenvalue weighted by molar-refractivity contribution is 5.94. The Morgan fingerprint density at radius 3 is 2.28 bits per heavy atom. The van der Waals surface area contributed by atoms with Crippen LogP contribution in [-0.4, -0.2) is 23.7 Å². The average Bonchev–Trinajstić information content (AvgIpc) is 2.34. The standard InChI is InChI=1S/C15H23NO2/c1-5-11-6-8-12(9-7-11)14(18)16-10-13(17)15(2,3)4/h6-9,13,17H,5,10H2,1-4H3,(H,16,18). The minimum atomic E-state index is -0.545. The van der Waals surface area contributed by atoms with E-state index in [1.165, 1.54) is 5.56 Å². The summed E-state index contributed by atoms with van der Waals surface area (Å²) in [7, 11) is 0. The molecule has 0 aliphatic rings. The molecule has 3 heteroatoms. The highest BCUT2D eigenvalue weighted by Gasteiger charge is 2.22. The van der Waals surface area contributed by atoms with Gasteiger partial charge in [0.1, 0.15) is 0 Å². The molecule has 1 unspecified atom stereocenters. The quantitative estimate of drug-likeness (QED) is 0.860. The molecule has 1 rings (SSSR count). The maximum absolute atomic E-state index is 11.9. The van der Waals surface area contributed by atoms with E-state index in [1.807, 2.05) is 45.0 Å². The Morgan fingerprint density at radius 1 is 1.28 bits per heavy atom. The zero-order chi connectivity index (χ0) is 13.8. The van der Waals surface area contributed by atoms with Crippen LogP contribution in [0.1, 0.15) is 43.6 Å². The summed E-state index contributed by atoms with van der Waals surface area (Å²) in [5.41, 5.74) is 1.62. The van der Waals surface area contributed by atoms with Crippen molar-refractivity contribution >= 4 is 5.91 Å². The fourth-order valence-electron chi connectivity index (χ4n) is 1.49. The second-order valence-corrected chi connectivity index (χ2v) is 5.64. The highest BCUT2D eigenvalue weighted by atomic mass is 16.3. The number of benzene rings is 1. The molecule has 1 atom stereocenters. The minimum Gasteiger partial charge on any atom is -0.391 e. The molecule has 0 saturated carbocycles. The van der Waals surface area contributed by atoms with E-state index in [1.54, 1.807) is 0 Å². The molecular weight excluding hydrogens is 226 g/mol. The third-order valence-corrected chi connectivity index (χ3v) is 3.08. The molecule has 0 saturated heterocycles. The summed E-state index contributed by atoms with van der Waals surface area (Å²) >= 11 is 0. The third-order valence-electron chi connectivity index (χ3n) is 3.08. The van der Waals surface area contributed by atoms with Gasteiger partial charge < -0.3 is 10.4 Å². The number of rotatable bonds is 4.